The molecule has 2 atom stereocenters. The highest BCUT2D eigenvalue weighted by Crippen LogP contribution is 2.20. The van der Waals surface area contributed by atoms with Gasteiger partial charge >= 0.3 is 12.1 Å². The van der Waals surface area contributed by atoms with Gasteiger partial charge in [0.05, 0.1) is 30.9 Å². The van der Waals surface area contributed by atoms with Crippen LogP contribution in [-0.2, 0) is 14.3 Å². The molecule has 0 heterocycles. The molecule has 2 N–H and O–H groups in total. The maximum atomic E-state index is 11.9. The fourth-order valence-corrected chi connectivity index (χ4v) is 1.92. The van der Waals surface area contributed by atoms with E-state index < -0.39 is 28.7 Å². The first kappa shape index (κ1) is 26.3. The average Bonchev–Trinajstić information content (AvgIpc) is 2.66. The number of nitrogens with one attached hydrogen (secondary N) is 2. The normalized spacial score (nSPS) is 15.4. The molecule has 0 saturated carbocycles. The largest absolute Gasteiger partial charge is 0.466 e. The maximum absolute atomic E-state index is 11.9. The summed E-state index contributed by atoms with van der Waals surface area (Å²) in [5.74, 6) is -0.450. The van der Waals surface area contributed by atoms with Crippen LogP contribution in [0.3, 0.4) is 0 Å². The van der Waals surface area contributed by atoms with Crippen molar-refractivity contribution in [2.75, 3.05) is 13.2 Å². The predicted octanol–water partition coefficient (Wildman–Crippen LogP) is 3.16. The van der Waals surface area contributed by atoms with Gasteiger partial charge in [-0.15, -0.1) is 0 Å². The molecule has 0 aliphatic rings. The van der Waals surface area contributed by atoms with Crippen molar-refractivity contribution in [2.45, 2.75) is 83.8 Å². The lowest BCUT2D eigenvalue weighted by atomic mass is 9.98. The summed E-state index contributed by atoms with van der Waals surface area (Å²) < 4.78 is 9.87. The van der Waals surface area contributed by atoms with Gasteiger partial charge in [-0.1, -0.05) is 0 Å². The number of azo groups is 1. The number of hydrazine groups is 1. The zero-order valence-electron chi connectivity index (χ0n) is 18.2. The van der Waals surface area contributed by atoms with Gasteiger partial charge in [-0.05, 0) is 60.8 Å². The minimum Gasteiger partial charge on any atom is -0.466 e. The Hall–Kier alpha value is -2.72. The van der Waals surface area contributed by atoms with Gasteiger partial charge in [0, 0.05) is 6.42 Å². The van der Waals surface area contributed by atoms with Gasteiger partial charge < -0.3 is 9.47 Å². The molecule has 10 nitrogen and oxygen atoms in total. The van der Waals surface area contributed by atoms with Gasteiger partial charge in [0.1, 0.15) is 5.54 Å². The van der Waals surface area contributed by atoms with Crippen molar-refractivity contribution in [3.63, 3.8) is 0 Å². The number of carbonyl (C=O) groups is 2. The SMILES string of the molecule is CCOC(=O)NNC(C)(C#N)CCCOC(=O)CCC(C)(C#N)N=NC(C)(C)C. The zero-order chi connectivity index (χ0) is 22.6. The second-order valence-corrected chi connectivity index (χ2v) is 7.99. The van der Waals surface area contributed by atoms with Crippen LogP contribution in [0.25, 0.3) is 0 Å². The van der Waals surface area contributed by atoms with E-state index in [-0.39, 0.29) is 26.1 Å². The Balaban J connectivity index is 4.35. The first-order chi connectivity index (χ1) is 13.4. The highest BCUT2D eigenvalue weighted by Gasteiger charge is 2.27. The Bertz CT molecular complexity index is 661. The predicted molar refractivity (Wildman–Crippen MR) is 105 cm³/mol. The van der Waals surface area contributed by atoms with E-state index in [4.69, 9.17) is 9.47 Å². The minimum absolute atomic E-state index is 0.0331. The third kappa shape index (κ3) is 12.4. The summed E-state index contributed by atoms with van der Waals surface area (Å²) in [7, 11) is 0. The van der Waals surface area contributed by atoms with Crippen molar-refractivity contribution in [3.05, 3.63) is 0 Å². The lowest BCUT2D eigenvalue weighted by molar-refractivity contribution is -0.144. The van der Waals surface area contributed by atoms with E-state index in [0.29, 0.717) is 12.8 Å². The van der Waals surface area contributed by atoms with Crippen molar-refractivity contribution < 1.29 is 19.1 Å². The van der Waals surface area contributed by atoms with Crippen LogP contribution < -0.4 is 10.9 Å². The summed E-state index contributed by atoms with van der Waals surface area (Å²) in [5.41, 5.74) is 2.39. The van der Waals surface area contributed by atoms with E-state index in [2.05, 4.69) is 33.2 Å². The molecule has 0 fully saturated rings. The molecule has 0 aliphatic carbocycles. The van der Waals surface area contributed by atoms with Crippen LogP contribution in [0.15, 0.2) is 10.2 Å². The van der Waals surface area contributed by atoms with Gasteiger partial charge in [-0.2, -0.15) is 20.8 Å². The van der Waals surface area contributed by atoms with Crippen LogP contribution in [0.5, 0.6) is 0 Å². The summed E-state index contributed by atoms with van der Waals surface area (Å²) in [6.07, 6.45) is 0.296. The fourth-order valence-electron chi connectivity index (χ4n) is 1.92. The van der Waals surface area contributed by atoms with E-state index in [9.17, 15) is 20.1 Å². The number of rotatable bonds is 11. The van der Waals surface area contributed by atoms with Gasteiger partial charge in [-0.3, -0.25) is 10.2 Å². The number of nitrogens with zero attached hydrogens (tertiary/aromatic N) is 4. The number of hydrogen-bond donors (Lipinski definition) is 2. The smallest absolute Gasteiger partial charge is 0.421 e. The van der Waals surface area contributed by atoms with Crippen molar-refractivity contribution in [1.82, 2.24) is 10.9 Å². The Kier molecular flexibility index (Phi) is 10.9. The quantitative estimate of drug-likeness (QED) is 0.231. The van der Waals surface area contributed by atoms with Gasteiger partial charge in [0.15, 0.2) is 5.54 Å². The molecule has 0 rings (SSSR count). The molecular weight excluding hydrogens is 376 g/mol. The Morgan fingerprint density at radius 2 is 1.66 bits per heavy atom. The number of esters is 1. The van der Waals surface area contributed by atoms with E-state index in [1.807, 2.05) is 20.8 Å². The van der Waals surface area contributed by atoms with Gasteiger partial charge in [0.25, 0.3) is 0 Å². The van der Waals surface area contributed by atoms with Crippen LogP contribution in [0.4, 0.5) is 4.79 Å². The summed E-state index contributed by atoms with van der Waals surface area (Å²) >= 11 is 0. The molecule has 0 aliphatic heterocycles. The highest BCUT2D eigenvalue weighted by atomic mass is 16.6. The molecule has 29 heavy (non-hydrogen) atoms. The third-order valence-electron chi connectivity index (χ3n) is 3.67. The lowest BCUT2D eigenvalue weighted by Crippen LogP contribution is -2.51. The fraction of sp³-hybridized carbons (Fsp3) is 0.789. The summed E-state index contributed by atoms with van der Waals surface area (Å²) in [5, 5.41) is 26.8. The summed E-state index contributed by atoms with van der Waals surface area (Å²) in [6.45, 7) is 10.8. The van der Waals surface area contributed by atoms with Crippen molar-refractivity contribution >= 4 is 12.1 Å². The molecule has 0 spiro atoms. The number of hydrogen-bond acceptors (Lipinski definition) is 9. The molecular formula is C19H32N6O4. The molecule has 0 aromatic heterocycles. The molecule has 2 unspecified atom stereocenters. The second-order valence-electron chi connectivity index (χ2n) is 7.99. The van der Waals surface area contributed by atoms with E-state index in [1.165, 1.54) is 0 Å². The summed E-state index contributed by atoms with van der Waals surface area (Å²) in [6, 6.07) is 4.14. The first-order valence-corrected chi connectivity index (χ1v) is 9.51. The van der Waals surface area contributed by atoms with Crippen LogP contribution in [0.1, 0.15) is 67.2 Å². The van der Waals surface area contributed by atoms with Crippen molar-refractivity contribution in [1.29, 1.82) is 10.5 Å². The van der Waals surface area contributed by atoms with E-state index in [0.717, 1.165) is 0 Å². The van der Waals surface area contributed by atoms with E-state index >= 15 is 0 Å². The van der Waals surface area contributed by atoms with Crippen molar-refractivity contribution in [2.24, 2.45) is 10.2 Å². The second kappa shape index (κ2) is 12.0. The molecule has 0 aromatic carbocycles. The third-order valence-corrected chi connectivity index (χ3v) is 3.67. The number of ether oxygens (including phenoxy) is 2. The van der Waals surface area contributed by atoms with Gasteiger partial charge in [-0.25, -0.2) is 10.2 Å². The topological polar surface area (TPSA) is 149 Å². The number of amides is 1. The molecule has 162 valence electrons. The standard InChI is InChI=1S/C19H32N6O4/c1-7-28-16(27)22-24-18(5,13-20)10-8-12-29-15(26)9-11-19(6,14-21)25-23-17(2,3)4/h24H,7-12H2,1-6H3,(H,22,27). The number of carbonyl (C=O) groups excluding carboxylic acids is 2. The summed E-state index contributed by atoms with van der Waals surface area (Å²) in [4.78, 5) is 23.2. The first-order valence-electron chi connectivity index (χ1n) is 9.51. The Labute approximate surface area is 172 Å². The van der Waals surface area contributed by atoms with E-state index in [1.54, 1.807) is 20.8 Å². The molecule has 0 bridgehead atoms. The average molecular weight is 409 g/mol. The van der Waals surface area contributed by atoms with Crippen LogP contribution in [-0.4, -0.2) is 41.9 Å². The van der Waals surface area contributed by atoms with Crippen LogP contribution >= 0.6 is 0 Å². The Morgan fingerprint density at radius 3 is 2.17 bits per heavy atom. The zero-order valence-corrected chi connectivity index (χ0v) is 18.2. The van der Waals surface area contributed by atoms with Crippen LogP contribution in [0.2, 0.25) is 0 Å². The molecule has 0 saturated heterocycles. The molecule has 10 heteroatoms. The highest BCUT2D eigenvalue weighted by molar-refractivity contribution is 5.69. The lowest BCUT2D eigenvalue weighted by Gasteiger charge is -2.23. The minimum atomic E-state index is -1.09. The van der Waals surface area contributed by atoms with Crippen LogP contribution in [0, 0.1) is 22.7 Å². The monoisotopic (exact) mass is 408 g/mol. The molecule has 1 amide bonds. The van der Waals surface area contributed by atoms with Gasteiger partial charge in [0.2, 0.25) is 0 Å². The van der Waals surface area contributed by atoms with Crippen molar-refractivity contribution in [3.8, 4) is 12.1 Å². The molecule has 0 radical (unpaired) electrons. The Morgan fingerprint density at radius 1 is 1.00 bits per heavy atom. The number of nitriles is 2. The molecule has 0 aromatic rings. The maximum Gasteiger partial charge on any atom is 0.421 e.